The molecule has 6 heteroatoms. The molecule has 3 rings (SSSR count). The fourth-order valence-corrected chi connectivity index (χ4v) is 3.09. The Balaban J connectivity index is 1.99. The van der Waals surface area contributed by atoms with Gasteiger partial charge in [0.1, 0.15) is 12.4 Å². The van der Waals surface area contributed by atoms with E-state index in [2.05, 4.69) is 0 Å². The summed E-state index contributed by atoms with van der Waals surface area (Å²) < 4.78 is 5.96. The third-order valence-corrected chi connectivity index (χ3v) is 4.51. The van der Waals surface area contributed by atoms with Crippen molar-refractivity contribution in [1.82, 2.24) is 10.4 Å². The van der Waals surface area contributed by atoms with Gasteiger partial charge >= 0.3 is 0 Å². The SMILES string of the molecule is CC(C)C(=O)N1Cc2ccc(C(=O)NO)cc2OC[C@@H]1c1ccccc1. The van der Waals surface area contributed by atoms with Crippen molar-refractivity contribution in [2.45, 2.75) is 26.4 Å². The van der Waals surface area contributed by atoms with E-state index in [0.29, 0.717) is 24.5 Å². The van der Waals surface area contributed by atoms with Gasteiger partial charge in [0.15, 0.2) is 0 Å². The number of fused-ring (bicyclic) bond motifs is 1. The maximum atomic E-state index is 12.8. The Morgan fingerprint density at radius 3 is 2.58 bits per heavy atom. The summed E-state index contributed by atoms with van der Waals surface area (Å²) in [5, 5.41) is 8.82. The molecule has 2 aromatic carbocycles. The monoisotopic (exact) mass is 354 g/mol. The lowest BCUT2D eigenvalue weighted by atomic mass is 10.0. The molecule has 0 saturated heterocycles. The summed E-state index contributed by atoms with van der Waals surface area (Å²) in [5.41, 5.74) is 3.75. The molecule has 136 valence electrons. The first-order valence-corrected chi connectivity index (χ1v) is 8.57. The molecule has 6 nitrogen and oxygen atoms in total. The number of nitrogens with zero attached hydrogens (tertiary/aromatic N) is 1. The minimum absolute atomic E-state index is 0.0486. The van der Waals surface area contributed by atoms with Crippen molar-refractivity contribution in [3.63, 3.8) is 0 Å². The van der Waals surface area contributed by atoms with Crippen LogP contribution in [0.25, 0.3) is 0 Å². The van der Waals surface area contributed by atoms with E-state index < -0.39 is 5.91 Å². The van der Waals surface area contributed by atoms with E-state index in [0.717, 1.165) is 11.1 Å². The van der Waals surface area contributed by atoms with E-state index >= 15 is 0 Å². The van der Waals surface area contributed by atoms with Crippen molar-refractivity contribution >= 4 is 11.8 Å². The minimum Gasteiger partial charge on any atom is -0.491 e. The molecular formula is C20H22N2O4. The normalized spacial score (nSPS) is 16.5. The highest BCUT2D eigenvalue weighted by Crippen LogP contribution is 2.33. The van der Waals surface area contributed by atoms with Crippen LogP contribution in [0, 0.1) is 5.92 Å². The zero-order valence-corrected chi connectivity index (χ0v) is 14.8. The number of hydrogen-bond acceptors (Lipinski definition) is 4. The summed E-state index contributed by atoms with van der Waals surface area (Å²) in [6, 6.07) is 14.5. The Hall–Kier alpha value is -2.86. The molecule has 0 aliphatic carbocycles. The molecule has 1 atom stereocenters. The van der Waals surface area contributed by atoms with Crippen molar-refractivity contribution in [3.05, 3.63) is 65.2 Å². The van der Waals surface area contributed by atoms with Gasteiger partial charge in [0.05, 0.1) is 12.6 Å². The molecular weight excluding hydrogens is 332 g/mol. The zero-order valence-electron chi connectivity index (χ0n) is 14.8. The average molecular weight is 354 g/mol. The van der Waals surface area contributed by atoms with E-state index in [9.17, 15) is 9.59 Å². The van der Waals surface area contributed by atoms with Crippen LogP contribution < -0.4 is 10.2 Å². The summed E-state index contributed by atoms with van der Waals surface area (Å²) in [5.74, 6) is -0.142. The van der Waals surface area contributed by atoms with Crippen LogP contribution in [-0.2, 0) is 11.3 Å². The van der Waals surface area contributed by atoms with Crippen LogP contribution in [0.2, 0.25) is 0 Å². The third-order valence-electron chi connectivity index (χ3n) is 4.51. The fourth-order valence-electron chi connectivity index (χ4n) is 3.09. The third kappa shape index (κ3) is 3.55. The van der Waals surface area contributed by atoms with Gasteiger partial charge in [0.2, 0.25) is 5.91 Å². The van der Waals surface area contributed by atoms with Gasteiger partial charge in [-0.25, -0.2) is 5.48 Å². The van der Waals surface area contributed by atoms with Crippen LogP contribution in [0.1, 0.15) is 41.4 Å². The van der Waals surface area contributed by atoms with Gasteiger partial charge in [-0.3, -0.25) is 14.8 Å². The number of ether oxygens (including phenoxy) is 1. The molecule has 2 aromatic rings. The predicted octanol–water partition coefficient (Wildman–Crippen LogP) is 2.92. The number of nitrogens with one attached hydrogen (secondary N) is 1. The van der Waals surface area contributed by atoms with Crippen molar-refractivity contribution in [3.8, 4) is 5.75 Å². The van der Waals surface area contributed by atoms with Crippen molar-refractivity contribution in [2.75, 3.05) is 6.61 Å². The first-order valence-electron chi connectivity index (χ1n) is 8.57. The second kappa shape index (κ2) is 7.58. The Morgan fingerprint density at radius 2 is 1.92 bits per heavy atom. The largest absolute Gasteiger partial charge is 0.491 e. The first kappa shape index (κ1) is 17.9. The Labute approximate surface area is 152 Å². The van der Waals surface area contributed by atoms with Crippen LogP contribution in [0.3, 0.4) is 0 Å². The van der Waals surface area contributed by atoms with Crippen molar-refractivity contribution < 1.29 is 19.5 Å². The maximum absolute atomic E-state index is 12.8. The Kier molecular flexibility index (Phi) is 5.23. The summed E-state index contributed by atoms with van der Waals surface area (Å²) in [4.78, 5) is 26.3. The van der Waals surface area contributed by atoms with Gasteiger partial charge in [0.25, 0.3) is 5.91 Å². The molecule has 1 heterocycles. The summed E-state index contributed by atoms with van der Waals surface area (Å²) >= 11 is 0. The van der Waals surface area contributed by atoms with Gasteiger partial charge in [-0.2, -0.15) is 0 Å². The standard InChI is InChI=1S/C20H22N2O4/c1-13(2)20(24)22-11-16-9-8-15(19(23)21-25)10-18(16)26-12-17(22)14-6-4-3-5-7-14/h3-10,13,17,25H,11-12H2,1-2H3,(H,21,23)/t17-/m1/s1. The summed E-state index contributed by atoms with van der Waals surface area (Å²) in [7, 11) is 0. The summed E-state index contributed by atoms with van der Waals surface area (Å²) in [6.45, 7) is 4.45. The molecule has 0 fully saturated rings. The summed E-state index contributed by atoms with van der Waals surface area (Å²) in [6.07, 6.45) is 0. The molecule has 0 bridgehead atoms. The van der Waals surface area contributed by atoms with Gasteiger partial charge in [-0.05, 0) is 17.7 Å². The van der Waals surface area contributed by atoms with Crippen LogP contribution >= 0.6 is 0 Å². The van der Waals surface area contributed by atoms with Gasteiger partial charge in [-0.15, -0.1) is 0 Å². The number of carbonyl (C=O) groups excluding carboxylic acids is 2. The van der Waals surface area contributed by atoms with E-state index in [1.165, 1.54) is 0 Å². The fraction of sp³-hybridized carbons (Fsp3) is 0.300. The van der Waals surface area contributed by atoms with E-state index in [4.69, 9.17) is 9.94 Å². The molecule has 0 saturated carbocycles. The Bertz CT molecular complexity index is 805. The molecule has 0 unspecified atom stereocenters. The molecule has 26 heavy (non-hydrogen) atoms. The van der Waals surface area contributed by atoms with Gasteiger partial charge < -0.3 is 9.64 Å². The molecule has 2 N–H and O–H groups in total. The molecule has 0 aromatic heterocycles. The molecule has 2 amide bonds. The number of rotatable bonds is 3. The highest BCUT2D eigenvalue weighted by molar-refractivity contribution is 5.93. The van der Waals surface area contributed by atoms with Crippen LogP contribution in [0.5, 0.6) is 5.75 Å². The molecule has 0 spiro atoms. The minimum atomic E-state index is -0.602. The van der Waals surface area contributed by atoms with Crippen LogP contribution in [0.15, 0.2) is 48.5 Å². The van der Waals surface area contributed by atoms with Crippen molar-refractivity contribution in [2.24, 2.45) is 5.92 Å². The highest BCUT2D eigenvalue weighted by Gasteiger charge is 2.31. The van der Waals surface area contributed by atoms with E-state index in [-0.39, 0.29) is 17.9 Å². The van der Waals surface area contributed by atoms with Gasteiger partial charge in [0, 0.05) is 17.0 Å². The zero-order chi connectivity index (χ0) is 18.7. The van der Waals surface area contributed by atoms with Gasteiger partial charge in [-0.1, -0.05) is 50.2 Å². The number of amides is 2. The van der Waals surface area contributed by atoms with Crippen LogP contribution in [-0.4, -0.2) is 28.5 Å². The van der Waals surface area contributed by atoms with Crippen LogP contribution in [0.4, 0.5) is 0 Å². The smallest absolute Gasteiger partial charge is 0.274 e. The molecule has 1 aliphatic heterocycles. The maximum Gasteiger partial charge on any atom is 0.274 e. The molecule has 1 aliphatic rings. The average Bonchev–Trinajstić information content (AvgIpc) is 2.86. The lowest BCUT2D eigenvalue weighted by Crippen LogP contribution is -2.38. The lowest BCUT2D eigenvalue weighted by Gasteiger charge is -2.31. The first-order chi connectivity index (χ1) is 12.5. The topological polar surface area (TPSA) is 78.9 Å². The number of benzene rings is 2. The predicted molar refractivity (Wildman–Crippen MR) is 95.8 cm³/mol. The number of hydroxylamine groups is 1. The quantitative estimate of drug-likeness (QED) is 0.656. The molecule has 0 radical (unpaired) electrons. The van der Waals surface area contributed by atoms with E-state index in [1.807, 2.05) is 49.1 Å². The number of hydrogen-bond donors (Lipinski definition) is 2. The number of carbonyl (C=O) groups is 2. The second-order valence-electron chi connectivity index (χ2n) is 6.62. The van der Waals surface area contributed by atoms with Crippen molar-refractivity contribution in [1.29, 1.82) is 0 Å². The van der Waals surface area contributed by atoms with E-state index in [1.54, 1.807) is 23.7 Å². The second-order valence-corrected chi connectivity index (χ2v) is 6.62. The highest BCUT2D eigenvalue weighted by atomic mass is 16.5. The Morgan fingerprint density at radius 1 is 1.19 bits per heavy atom. The lowest BCUT2D eigenvalue weighted by molar-refractivity contribution is -0.138.